The second-order valence-electron chi connectivity index (χ2n) is 3.27. The van der Waals surface area contributed by atoms with E-state index >= 15 is 0 Å². The van der Waals surface area contributed by atoms with Gasteiger partial charge in [-0.3, -0.25) is 0 Å². The normalized spacial score (nSPS) is 10.4. The zero-order valence-electron chi connectivity index (χ0n) is 8.05. The van der Waals surface area contributed by atoms with E-state index in [9.17, 15) is 4.39 Å². The summed E-state index contributed by atoms with van der Waals surface area (Å²) in [6, 6.07) is 9.61. The van der Waals surface area contributed by atoms with E-state index in [1.165, 1.54) is 12.1 Å². The van der Waals surface area contributed by atoms with E-state index in [4.69, 9.17) is 16.7 Å². The molecule has 0 aliphatic carbocycles. The summed E-state index contributed by atoms with van der Waals surface area (Å²) in [5.74, 6) is -0.325. The van der Waals surface area contributed by atoms with Gasteiger partial charge in [0.05, 0.1) is 5.02 Å². The molecule has 1 N–H and O–H groups in total. The van der Waals surface area contributed by atoms with Crippen LogP contribution >= 0.6 is 27.5 Å². The first kappa shape index (κ1) is 11.4. The van der Waals surface area contributed by atoms with Crippen LogP contribution in [0.1, 0.15) is 0 Å². The Hall–Kier alpha value is -1.06. The summed E-state index contributed by atoms with van der Waals surface area (Å²) in [6.07, 6.45) is 0. The third kappa shape index (κ3) is 2.06. The van der Waals surface area contributed by atoms with E-state index in [2.05, 4.69) is 15.9 Å². The lowest BCUT2D eigenvalue weighted by Crippen LogP contribution is -1.86. The molecule has 0 spiro atoms. The standard InChI is InChI=1S/C12H7BrClFO/c13-10-6-5-9(12(15)11(10)14)7-1-3-8(16)4-2-7/h1-6,16H. The SMILES string of the molecule is Oc1ccc(-c2ccc(Br)c(Cl)c2F)cc1. The molecule has 0 radical (unpaired) electrons. The predicted molar refractivity (Wildman–Crippen MR) is 66.2 cm³/mol. The van der Waals surface area contributed by atoms with Crippen LogP contribution < -0.4 is 0 Å². The lowest BCUT2D eigenvalue weighted by Gasteiger charge is -2.06. The van der Waals surface area contributed by atoms with Gasteiger partial charge >= 0.3 is 0 Å². The summed E-state index contributed by atoms with van der Waals surface area (Å²) >= 11 is 8.95. The van der Waals surface area contributed by atoms with Crippen LogP contribution in [0.15, 0.2) is 40.9 Å². The Morgan fingerprint density at radius 2 is 1.69 bits per heavy atom. The second-order valence-corrected chi connectivity index (χ2v) is 4.50. The van der Waals surface area contributed by atoms with Crippen molar-refractivity contribution in [2.45, 2.75) is 0 Å². The molecule has 82 valence electrons. The average molecular weight is 302 g/mol. The van der Waals surface area contributed by atoms with Gasteiger partial charge in [0.15, 0.2) is 5.82 Å². The highest BCUT2D eigenvalue weighted by atomic mass is 79.9. The molecule has 0 atom stereocenters. The Balaban J connectivity index is 2.57. The molecule has 2 aromatic carbocycles. The van der Waals surface area contributed by atoms with Gasteiger partial charge in [-0.25, -0.2) is 4.39 Å². The first-order valence-electron chi connectivity index (χ1n) is 4.52. The third-order valence-corrected chi connectivity index (χ3v) is 3.47. The van der Waals surface area contributed by atoms with Crippen molar-refractivity contribution in [3.63, 3.8) is 0 Å². The van der Waals surface area contributed by atoms with Crippen LogP contribution in [0.5, 0.6) is 5.75 Å². The van der Waals surface area contributed by atoms with Crippen LogP contribution in [0.25, 0.3) is 11.1 Å². The molecule has 16 heavy (non-hydrogen) atoms. The molecule has 0 fully saturated rings. The first-order chi connectivity index (χ1) is 7.59. The highest BCUT2D eigenvalue weighted by Crippen LogP contribution is 2.33. The van der Waals surface area contributed by atoms with Crippen molar-refractivity contribution < 1.29 is 9.50 Å². The molecule has 0 saturated heterocycles. The smallest absolute Gasteiger partial charge is 0.150 e. The van der Waals surface area contributed by atoms with E-state index in [-0.39, 0.29) is 10.8 Å². The molecule has 0 aliphatic rings. The summed E-state index contributed by atoms with van der Waals surface area (Å²) < 4.78 is 14.3. The van der Waals surface area contributed by atoms with Crippen molar-refractivity contribution in [2.24, 2.45) is 0 Å². The lowest BCUT2D eigenvalue weighted by atomic mass is 10.1. The molecule has 0 unspecified atom stereocenters. The van der Waals surface area contributed by atoms with Crippen LogP contribution in [0.2, 0.25) is 5.02 Å². The van der Waals surface area contributed by atoms with Gasteiger partial charge < -0.3 is 5.11 Å². The van der Waals surface area contributed by atoms with Gasteiger partial charge in [0, 0.05) is 10.0 Å². The Bertz CT molecular complexity index is 525. The molecule has 4 heteroatoms. The Kier molecular flexibility index (Phi) is 3.17. The summed E-state index contributed by atoms with van der Waals surface area (Å²) in [4.78, 5) is 0. The summed E-state index contributed by atoms with van der Waals surface area (Å²) in [5, 5.41) is 9.20. The van der Waals surface area contributed by atoms with E-state index in [0.29, 0.717) is 15.6 Å². The number of phenolic OH excluding ortho intramolecular Hbond substituents is 1. The minimum absolute atomic E-state index is 0.0607. The Labute approximate surface area is 106 Å². The van der Waals surface area contributed by atoms with Crippen LogP contribution in [0.3, 0.4) is 0 Å². The molecule has 0 heterocycles. The maximum Gasteiger partial charge on any atom is 0.150 e. The molecule has 0 saturated carbocycles. The Morgan fingerprint density at radius 1 is 1.06 bits per heavy atom. The van der Waals surface area contributed by atoms with E-state index in [0.717, 1.165) is 0 Å². The van der Waals surface area contributed by atoms with Crippen molar-refractivity contribution in [3.05, 3.63) is 51.7 Å². The molecular formula is C12H7BrClFO. The van der Waals surface area contributed by atoms with Crippen LogP contribution in [0.4, 0.5) is 4.39 Å². The van der Waals surface area contributed by atoms with Gasteiger partial charge in [-0.1, -0.05) is 29.8 Å². The first-order valence-corrected chi connectivity index (χ1v) is 5.69. The largest absolute Gasteiger partial charge is 0.508 e. The summed E-state index contributed by atoms with van der Waals surface area (Å²) in [7, 11) is 0. The second kappa shape index (κ2) is 4.44. The zero-order chi connectivity index (χ0) is 11.7. The van der Waals surface area contributed by atoms with E-state index in [1.54, 1.807) is 24.3 Å². The maximum absolute atomic E-state index is 13.8. The lowest BCUT2D eigenvalue weighted by molar-refractivity contribution is 0.475. The van der Waals surface area contributed by atoms with E-state index < -0.39 is 5.82 Å². The minimum Gasteiger partial charge on any atom is -0.508 e. The molecule has 0 aliphatic heterocycles. The molecule has 0 aromatic heterocycles. The van der Waals surface area contributed by atoms with Crippen molar-refractivity contribution in [2.75, 3.05) is 0 Å². The maximum atomic E-state index is 13.8. The summed E-state index contributed by atoms with van der Waals surface area (Å²) in [6.45, 7) is 0. The number of halogens is 3. The average Bonchev–Trinajstić information content (AvgIpc) is 2.28. The molecule has 2 rings (SSSR count). The van der Waals surface area contributed by atoms with Gasteiger partial charge in [0.1, 0.15) is 5.75 Å². The zero-order valence-corrected chi connectivity index (χ0v) is 10.4. The fourth-order valence-corrected chi connectivity index (χ4v) is 1.86. The van der Waals surface area contributed by atoms with Crippen molar-refractivity contribution in [3.8, 4) is 16.9 Å². The van der Waals surface area contributed by atoms with Crippen LogP contribution in [-0.2, 0) is 0 Å². The number of rotatable bonds is 1. The van der Waals surface area contributed by atoms with E-state index in [1.807, 2.05) is 0 Å². The molecular weight excluding hydrogens is 294 g/mol. The topological polar surface area (TPSA) is 20.2 Å². The van der Waals surface area contributed by atoms with Gasteiger partial charge in [-0.15, -0.1) is 0 Å². The quantitative estimate of drug-likeness (QED) is 0.762. The number of hydrogen-bond acceptors (Lipinski definition) is 1. The summed E-state index contributed by atoms with van der Waals surface area (Å²) in [5.41, 5.74) is 1.08. The predicted octanol–water partition coefficient (Wildman–Crippen LogP) is 4.61. The van der Waals surface area contributed by atoms with Gasteiger partial charge in [0.25, 0.3) is 0 Å². The van der Waals surface area contributed by atoms with Crippen molar-refractivity contribution in [1.29, 1.82) is 0 Å². The third-order valence-electron chi connectivity index (χ3n) is 2.21. The number of hydrogen-bond donors (Lipinski definition) is 1. The number of benzene rings is 2. The van der Waals surface area contributed by atoms with Gasteiger partial charge in [-0.2, -0.15) is 0 Å². The van der Waals surface area contributed by atoms with Crippen molar-refractivity contribution >= 4 is 27.5 Å². The monoisotopic (exact) mass is 300 g/mol. The highest BCUT2D eigenvalue weighted by Gasteiger charge is 2.11. The van der Waals surface area contributed by atoms with Crippen LogP contribution in [-0.4, -0.2) is 5.11 Å². The molecule has 0 amide bonds. The molecule has 1 nitrogen and oxygen atoms in total. The van der Waals surface area contributed by atoms with Crippen LogP contribution in [0, 0.1) is 5.82 Å². The van der Waals surface area contributed by atoms with Gasteiger partial charge in [-0.05, 0) is 39.7 Å². The fraction of sp³-hybridized carbons (Fsp3) is 0. The minimum atomic E-state index is -0.471. The van der Waals surface area contributed by atoms with Gasteiger partial charge in [0.2, 0.25) is 0 Å². The number of aromatic hydroxyl groups is 1. The fourth-order valence-electron chi connectivity index (χ4n) is 1.39. The number of phenols is 1. The Morgan fingerprint density at radius 3 is 2.31 bits per heavy atom. The molecule has 2 aromatic rings. The molecule has 0 bridgehead atoms. The highest BCUT2D eigenvalue weighted by molar-refractivity contribution is 9.10. The van der Waals surface area contributed by atoms with Crippen molar-refractivity contribution in [1.82, 2.24) is 0 Å².